The second-order valence-electron chi connectivity index (χ2n) is 5.34. The van der Waals surface area contributed by atoms with E-state index in [1.165, 1.54) is 38.5 Å². The van der Waals surface area contributed by atoms with Crippen molar-refractivity contribution in [3.05, 3.63) is 0 Å². The summed E-state index contributed by atoms with van der Waals surface area (Å²) in [5, 5.41) is 0. The highest BCUT2D eigenvalue weighted by molar-refractivity contribution is 4.92. The molecule has 0 aliphatic heterocycles. The van der Waals surface area contributed by atoms with Gasteiger partial charge in [-0.15, -0.1) is 0 Å². The van der Waals surface area contributed by atoms with Crippen LogP contribution in [-0.4, -0.2) is 29.1 Å². The SMILES string of the molecule is CC(C)N(C1CCC(N)CC1)C1CC1. The summed E-state index contributed by atoms with van der Waals surface area (Å²) in [5.41, 5.74) is 5.95. The molecule has 2 heteroatoms. The molecule has 0 aromatic heterocycles. The van der Waals surface area contributed by atoms with Crippen LogP contribution in [0.4, 0.5) is 0 Å². The van der Waals surface area contributed by atoms with E-state index >= 15 is 0 Å². The van der Waals surface area contributed by atoms with Gasteiger partial charge in [0.1, 0.15) is 0 Å². The lowest BCUT2D eigenvalue weighted by molar-refractivity contribution is 0.107. The number of nitrogens with two attached hydrogens (primary N) is 1. The average Bonchev–Trinajstić information content (AvgIpc) is 2.92. The second-order valence-corrected chi connectivity index (χ2v) is 5.34. The van der Waals surface area contributed by atoms with Crippen LogP contribution in [0.3, 0.4) is 0 Å². The predicted molar refractivity (Wildman–Crippen MR) is 60.2 cm³/mol. The number of rotatable bonds is 3. The van der Waals surface area contributed by atoms with E-state index in [1.54, 1.807) is 0 Å². The maximum Gasteiger partial charge on any atom is 0.0102 e. The van der Waals surface area contributed by atoms with Crippen molar-refractivity contribution < 1.29 is 0 Å². The molecule has 2 aliphatic rings. The van der Waals surface area contributed by atoms with Crippen molar-refractivity contribution in [2.45, 2.75) is 76.5 Å². The fourth-order valence-corrected chi connectivity index (χ4v) is 2.91. The van der Waals surface area contributed by atoms with E-state index in [0.29, 0.717) is 6.04 Å². The van der Waals surface area contributed by atoms with E-state index in [0.717, 1.165) is 18.1 Å². The molecule has 0 aromatic rings. The first-order chi connectivity index (χ1) is 6.68. The minimum absolute atomic E-state index is 0.486. The van der Waals surface area contributed by atoms with Gasteiger partial charge in [-0.3, -0.25) is 4.90 Å². The topological polar surface area (TPSA) is 29.3 Å². The Morgan fingerprint density at radius 3 is 1.71 bits per heavy atom. The van der Waals surface area contributed by atoms with Crippen molar-refractivity contribution in [1.29, 1.82) is 0 Å². The largest absolute Gasteiger partial charge is 0.328 e. The molecule has 2 fully saturated rings. The number of nitrogens with zero attached hydrogens (tertiary/aromatic N) is 1. The third-order valence-electron chi connectivity index (χ3n) is 3.73. The standard InChI is InChI=1S/C12H24N2/c1-9(2)14(12-7-8-12)11-5-3-10(13)4-6-11/h9-12H,3-8,13H2,1-2H3. The van der Waals surface area contributed by atoms with Crippen molar-refractivity contribution >= 4 is 0 Å². The van der Waals surface area contributed by atoms with Crippen molar-refractivity contribution in [1.82, 2.24) is 4.90 Å². The molecule has 0 atom stereocenters. The van der Waals surface area contributed by atoms with Crippen LogP contribution < -0.4 is 5.73 Å². The lowest BCUT2D eigenvalue weighted by Crippen LogP contribution is -2.45. The van der Waals surface area contributed by atoms with Gasteiger partial charge in [0, 0.05) is 24.2 Å². The molecule has 2 N–H and O–H groups in total. The summed E-state index contributed by atoms with van der Waals surface area (Å²) in [6.45, 7) is 4.68. The lowest BCUT2D eigenvalue weighted by atomic mass is 9.90. The first-order valence-corrected chi connectivity index (χ1v) is 6.21. The normalized spacial score (nSPS) is 34.1. The maximum absolute atomic E-state index is 5.95. The van der Waals surface area contributed by atoms with Crippen LogP contribution in [-0.2, 0) is 0 Å². The minimum Gasteiger partial charge on any atom is -0.328 e. The Morgan fingerprint density at radius 1 is 0.929 bits per heavy atom. The first-order valence-electron chi connectivity index (χ1n) is 6.21. The van der Waals surface area contributed by atoms with Crippen molar-refractivity contribution in [3.8, 4) is 0 Å². The van der Waals surface area contributed by atoms with E-state index in [1.807, 2.05) is 0 Å². The highest BCUT2D eigenvalue weighted by Gasteiger charge is 2.36. The molecular formula is C12H24N2. The van der Waals surface area contributed by atoms with Crippen molar-refractivity contribution in [2.75, 3.05) is 0 Å². The molecular weight excluding hydrogens is 172 g/mol. The van der Waals surface area contributed by atoms with Crippen molar-refractivity contribution in [3.63, 3.8) is 0 Å². The van der Waals surface area contributed by atoms with Gasteiger partial charge in [0.05, 0.1) is 0 Å². The van der Waals surface area contributed by atoms with Gasteiger partial charge in [-0.05, 0) is 52.4 Å². The molecule has 0 heterocycles. The van der Waals surface area contributed by atoms with Gasteiger partial charge in [0.25, 0.3) is 0 Å². The van der Waals surface area contributed by atoms with Gasteiger partial charge in [0.15, 0.2) is 0 Å². The van der Waals surface area contributed by atoms with Gasteiger partial charge in [-0.25, -0.2) is 0 Å². The van der Waals surface area contributed by atoms with Crippen LogP contribution in [0.15, 0.2) is 0 Å². The van der Waals surface area contributed by atoms with E-state index < -0.39 is 0 Å². The molecule has 0 spiro atoms. The Bertz CT molecular complexity index is 177. The minimum atomic E-state index is 0.486. The van der Waals surface area contributed by atoms with Gasteiger partial charge in [0.2, 0.25) is 0 Å². The third-order valence-corrected chi connectivity index (χ3v) is 3.73. The Morgan fingerprint density at radius 2 is 1.36 bits per heavy atom. The highest BCUT2D eigenvalue weighted by Crippen LogP contribution is 2.34. The average molecular weight is 196 g/mol. The Hall–Kier alpha value is -0.0800. The van der Waals surface area contributed by atoms with E-state index in [-0.39, 0.29) is 0 Å². The fraction of sp³-hybridized carbons (Fsp3) is 1.00. The fourth-order valence-electron chi connectivity index (χ4n) is 2.91. The zero-order valence-electron chi connectivity index (χ0n) is 9.58. The van der Waals surface area contributed by atoms with Gasteiger partial charge in [-0.2, -0.15) is 0 Å². The van der Waals surface area contributed by atoms with Crippen LogP contribution in [0.2, 0.25) is 0 Å². The summed E-state index contributed by atoms with van der Waals surface area (Å²) in [5.74, 6) is 0. The van der Waals surface area contributed by atoms with Crippen LogP contribution in [0.1, 0.15) is 52.4 Å². The zero-order valence-corrected chi connectivity index (χ0v) is 9.58. The molecule has 2 saturated carbocycles. The van der Waals surface area contributed by atoms with E-state index in [9.17, 15) is 0 Å². The third kappa shape index (κ3) is 2.29. The van der Waals surface area contributed by atoms with E-state index in [4.69, 9.17) is 5.73 Å². The Labute approximate surface area is 87.8 Å². The smallest absolute Gasteiger partial charge is 0.0102 e. The number of hydrogen-bond donors (Lipinski definition) is 1. The zero-order chi connectivity index (χ0) is 10.1. The molecule has 0 amide bonds. The first kappa shape index (κ1) is 10.4. The Balaban J connectivity index is 1.90. The monoisotopic (exact) mass is 196 g/mol. The molecule has 2 aliphatic carbocycles. The van der Waals surface area contributed by atoms with E-state index in [2.05, 4.69) is 18.7 Å². The summed E-state index contributed by atoms with van der Waals surface area (Å²) in [6.07, 6.45) is 7.99. The van der Waals surface area contributed by atoms with Crippen LogP contribution in [0, 0.1) is 0 Å². The van der Waals surface area contributed by atoms with Crippen LogP contribution in [0.5, 0.6) is 0 Å². The molecule has 2 rings (SSSR count). The van der Waals surface area contributed by atoms with Crippen LogP contribution >= 0.6 is 0 Å². The summed E-state index contributed by atoms with van der Waals surface area (Å²) in [6, 6.07) is 2.96. The molecule has 0 aromatic carbocycles. The molecule has 0 unspecified atom stereocenters. The lowest BCUT2D eigenvalue weighted by Gasteiger charge is -2.38. The summed E-state index contributed by atoms with van der Waals surface area (Å²) < 4.78 is 0. The Kier molecular flexibility index (Phi) is 3.13. The van der Waals surface area contributed by atoms with Gasteiger partial charge in [-0.1, -0.05) is 0 Å². The highest BCUT2D eigenvalue weighted by atomic mass is 15.2. The summed E-state index contributed by atoms with van der Waals surface area (Å²) >= 11 is 0. The maximum atomic E-state index is 5.95. The molecule has 0 bridgehead atoms. The molecule has 0 radical (unpaired) electrons. The second kappa shape index (κ2) is 4.19. The summed E-state index contributed by atoms with van der Waals surface area (Å²) in [4.78, 5) is 2.76. The van der Waals surface area contributed by atoms with Crippen LogP contribution in [0.25, 0.3) is 0 Å². The van der Waals surface area contributed by atoms with Gasteiger partial charge >= 0.3 is 0 Å². The quantitative estimate of drug-likeness (QED) is 0.749. The molecule has 82 valence electrons. The summed E-state index contributed by atoms with van der Waals surface area (Å²) in [7, 11) is 0. The van der Waals surface area contributed by atoms with Gasteiger partial charge < -0.3 is 5.73 Å². The molecule has 0 saturated heterocycles. The molecule has 14 heavy (non-hydrogen) atoms. The van der Waals surface area contributed by atoms with Crippen molar-refractivity contribution in [2.24, 2.45) is 5.73 Å². The number of hydrogen-bond acceptors (Lipinski definition) is 2. The predicted octanol–water partition coefficient (Wildman–Crippen LogP) is 2.13. The molecule has 2 nitrogen and oxygen atoms in total.